The van der Waals surface area contributed by atoms with Crippen LogP contribution in [0.25, 0.3) is 0 Å². The summed E-state index contributed by atoms with van der Waals surface area (Å²) in [7, 11) is 0. The minimum Gasteiger partial charge on any atom is -0.462 e. The molecule has 0 saturated carbocycles. The zero-order valence-corrected chi connectivity index (χ0v) is 8.86. The number of nitrogens with zero attached hydrogens (tertiary/aromatic N) is 1. The highest BCUT2D eigenvalue weighted by molar-refractivity contribution is 6.17. The number of hydrogen-bond acceptors (Lipinski definition) is 4. The lowest BCUT2D eigenvalue weighted by atomic mass is 9.99. The van der Waals surface area contributed by atoms with Crippen LogP contribution in [0.2, 0.25) is 0 Å². The van der Waals surface area contributed by atoms with E-state index in [1.54, 1.807) is 13.1 Å². The van der Waals surface area contributed by atoms with Gasteiger partial charge in [0.1, 0.15) is 5.57 Å². The fraction of sp³-hybridized carbons (Fsp3) is 0.636. The highest BCUT2D eigenvalue weighted by atomic mass is 16.5. The molecule has 0 aromatic carbocycles. The van der Waals surface area contributed by atoms with E-state index in [0.29, 0.717) is 19.1 Å². The van der Waals surface area contributed by atoms with E-state index in [1.807, 2.05) is 0 Å². The van der Waals surface area contributed by atoms with Crippen molar-refractivity contribution < 1.29 is 14.3 Å². The average Bonchev–Trinajstić information content (AvgIpc) is 2.63. The van der Waals surface area contributed by atoms with Gasteiger partial charge in [0.2, 0.25) is 0 Å². The number of Topliss-reactive ketones (excluding diaryl/α,β-unsaturated/α-hetero) is 1. The van der Waals surface area contributed by atoms with E-state index in [1.165, 1.54) is 0 Å². The van der Waals surface area contributed by atoms with Gasteiger partial charge in [-0.05, 0) is 19.8 Å². The van der Waals surface area contributed by atoms with E-state index >= 15 is 0 Å². The summed E-state index contributed by atoms with van der Waals surface area (Å²) in [5.74, 6) is -0.551. The molecule has 15 heavy (non-hydrogen) atoms. The van der Waals surface area contributed by atoms with Crippen LogP contribution in [0, 0.1) is 0 Å². The van der Waals surface area contributed by atoms with Gasteiger partial charge in [-0.3, -0.25) is 4.79 Å². The molecule has 0 radical (unpaired) electrons. The minimum atomic E-state index is -0.479. The second-order valence-electron chi connectivity index (χ2n) is 3.92. The summed E-state index contributed by atoms with van der Waals surface area (Å²) in [6.07, 6.45) is 4.30. The van der Waals surface area contributed by atoms with E-state index in [2.05, 4.69) is 4.90 Å². The Labute approximate surface area is 88.9 Å². The van der Waals surface area contributed by atoms with Crippen LogP contribution in [0.15, 0.2) is 11.8 Å². The monoisotopic (exact) mass is 209 g/mol. The molecular weight excluding hydrogens is 194 g/mol. The highest BCUT2D eigenvalue weighted by Gasteiger charge is 2.33. The van der Waals surface area contributed by atoms with Crippen LogP contribution in [-0.2, 0) is 14.3 Å². The van der Waals surface area contributed by atoms with Crippen LogP contribution in [-0.4, -0.2) is 35.8 Å². The third-order valence-electron chi connectivity index (χ3n) is 2.93. The zero-order valence-electron chi connectivity index (χ0n) is 8.86. The summed E-state index contributed by atoms with van der Waals surface area (Å²) in [4.78, 5) is 25.2. The summed E-state index contributed by atoms with van der Waals surface area (Å²) in [5, 5.41) is 0. The third kappa shape index (κ3) is 1.89. The highest BCUT2D eigenvalue weighted by Crippen LogP contribution is 2.27. The normalized spacial score (nSPS) is 24.9. The molecule has 1 atom stereocenters. The molecule has 0 N–H and O–H groups in total. The molecule has 2 aliphatic heterocycles. The summed E-state index contributed by atoms with van der Waals surface area (Å²) < 4.78 is 4.85. The van der Waals surface area contributed by atoms with Crippen LogP contribution < -0.4 is 0 Å². The molecule has 1 fully saturated rings. The molecule has 2 rings (SSSR count). The van der Waals surface area contributed by atoms with Crippen LogP contribution in [0.1, 0.15) is 26.2 Å². The Balaban J connectivity index is 2.16. The molecule has 0 aromatic heterocycles. The number of rotatable bonds is 2. The number of carbonyl (C=O) groups excluding carboxylic acids is 2. The van der Waals surface area contributed by atoms with E-state index in [9.17, 15) is 9.59 Å². The second kappa shape index (κ2) is 4.04. The smallest absolute Gasteiger partial charge is 0.343 e. The van der Waals surface area contributed by atoms with E-state index < -0.39 is 5.97 Å². The molecule has 2 heterocycles. The number of ether oxygens (including phenoxy) is 1. The molecule has 0 amide bonds. The van der Waals surface area contributed by atoms with Crippen LogP contribution in [0.4, 0.5) is 0 Å². The molecule has 0 bridgehead atoms. The minimum absolute atomic E-state index is 0.0726. The van der Waals surface area contributed by atoms with Gasteiger partial charge in [-0.25, -0.2) is 4.79 Å². The van der Waals surface area contributed by atoms with E-state index in [-0.39, 0.29) is 11.4 Å². The quantitative estimate of drug-likeness (QED) is 0.500. The van der Waals surface area contributed by atoms with Crippen molar-refractivity contribution in [3.8, 4) is 0 Å². The Morgan fingerprint density at radius 3 is 3.20 bits per heavy atom. The van der Waals surface area contributed by atoms with Crippen molar-refractivity contribution in [3.63, 3.8) is 0 Å². The van der Waals surface area contributed by atoms with Crippen molar-refractivity contribution in [2.24, 2.45) is 0 Å². The Morgan fingerprint density at radius 1 is 1.67 bits per heavy atom. The van der Waals surface area contributed by atoms with Gasteiger partial charge < -0.3 is 9.64 Å². The predicted molar refractivity (Wildman–Crippen MR) is 54.1 cm³/mol. The molecule has 2 aliphatic rings. The zero-order chi connectivity index (χ0) is 10.8. The average molecular weight is 209 g/mol. The van der Waals surface area contributed by atoms with Gasteiger partial charge >= 0.3 is 5.97 Å². The van der Waals surface area contributed by atoms with Crippen molar-refractivity contribution in [2.45, 2.75) is 32.2 Å². The second-order valence-corrected chi connectivity index (χ2v) is 3.92. The standard InChI is InChI=1S/C11H15NO3/c1-2-15-11(14)9-7-12-5-3-4-8(12)6-10(9)13/h7-8H,2-6H2,1H3. The van der Waals surface area contributed by atoms with Crippen molar-refractivity contribution >= 4 is 11.8 Å². The van der Waals surface area contributed by atoms with Gasteiger partial charge in [0, 0.05) is 25.2 Å². The topological polar surface area (TPSA) is 46.6 Å². The number of esters is 1. The summed E-state index contributed by atoms with van der Waals surface area (Å²) >= 11 is 0. The van der Waals surface area contributed by atoms with Crippen molar-refractivity contribution in [2.75, 3.05) is 13.2 Å². The van der Waals surface area contributed by atoms with Gasteiger partial charge in [-0.1, -0.05) is 0 Å². The van der Waals surface area contributed by atoms with Gasteiger partial charge in [0.15, 0.2) is 5.78 Å². The molecule has 1 unspecified atom stereocenters. The van der Waals surface area contributed by atoms with Crippen molar-refractivity contribution in [1.29, 1.82) is 0 Å². The number of fused-ring (bicyclic) bond motifs is 1. The van der Waals surface area contributed by atoms with Gasteiger partial charge in [0.05, 0.1) is 6.61 Å². The summed E-state index contributed by atoms with van der Waals surface area (Å²) in [6, 6.07) is 0.315. The van der Waals surface area contributed by atoms with E-state index in [0.717, 1.165) is 19.4 Å². The molecule has 1 saturated heterocycles. The molecule has 0 aliphatic carbocycles. The molecule has 4 nitrogen and oxygen atoms in total. The lowest BCUT2D eigenvalue weighted by Gasteiger charge is -2.27. The fourth-order valence-electron chi connectivity index (χ4n) is 2.18. The summed E-state index contributed by atoms with van der Waals surface area (Å²) in [6.45, 7) is 3.00. The molecular formula is C11H15NO3. The number of hydrogen-bond donors (Lipinski definition) is 0. The first kappa shape index (κ1) is 10.2. The number of carbonyl (C=O) groups is 2. The van der Waals surface area contributed by atoms with Gasteiger partial charge in [-0.15, -0.1) is 0 Å². The first-order valence-corrected chi connectivity index (χ1v) is 5.40. The number of ketones is 1. The Morgan fingerprint density at radius 2 is 2.47 bits per heavy atom. The molecule has 0 aromatic rings. The summed E-state index contributed by atoms with van der Waals surface area (Å²) in [5.41, 5.74) is 0.218. The Bertz CT molecular complexity index is 322. The maximum atomic E-state index is 11.7. The lowest BCUT2D eigenvalue weighted by molar-refractivity contribution is -0.140. The van der Waals surface area contributed by atoms with Gasteiger partial charge in [-0.2, -0.15) is 0 Å². The van der Waals surface area contributed by atoms with Crippen molar-refractivity contribution in [1.82, 2.24) is 4.90 Å². The Hall–Kier alpha value is -1.32. The lowest BCUT2D eigenvalue weighted by Crippen LogP contribution is -2.35. The first-order chi connectivity index (χ1) is 7.22. The van der Waals surface area contributed by atoms with E-state index in [4.69, 9.17) is 4.74 Å². The molecule has 0 spiro atoms. The first-order valence-electron chi connectivity index (χ1n) is 5.40. The molecule has 4 heteroatoms. The fourth-order valence-corrected chi connectivity index (χ4v) is 2.18. The Kier molecular flexibility index (Phi) is 2.75. The van der Waals surface area contributed by atoms with Crippen molar-refractivity contribution in [3.05, 3.63) is 11.8 Å². The molecule has 82 valence electrons. The maximum Gasteiger partial charge on any atom is 0.343 e. The van der Waals surface area contributed by atoms with Gasteiger partial charge in [0.25, 0.3) is 0 Å². The predicted octanol–water partition coefficient (Wildman–Crippen LogP) is 0.871. The SMILES string of the molecule is CCOC(=O)C1=CN2CCCC2CC1=O. The third-order valence-corrected chi connectivity index (χ3v) is 2.93. The maximum absolute atomic E-state index is 11.7. The van der Waals surface area contributed by atoms with Crippen LogP contribution in [0.3, 0.4) is 0 Å². The van der Waals surface area contributed by atoms with Crippen LogP contribution in [0.5, 0.6) is 0 Å². The largest absolute Gasteiger partial charge is 0.462 e. The van der Waals surface area contributed by atoms with Crippen LogP contribution >= 0.6 is 0 Å².